The lowest BCUT2D eigenvalue weighted by Gasteiger charge is -2.18. The van der Waals surface area contributed by atoms with Crippen molar-refractivity contribution in [1.82, 2.24) is 15.1 Å². The summed E-state index contributed by atoms with van der Waals surface area (Å²) in [4.78, 5) is 11.6. The monoisotopic (exact) mass is 224 g/mol. The van der Waals surface area contributed by atoms with Crippen LogP contribution in [0.1, 0.15) is 25.2 Å². The average Bonchev–Trinajstić information content (AvgIpc) is 2.41. The van der Waals surface area contributed by atoms with Crippen LogP contribution in [-0.2, 0) is 18.3 Å². The van der Waals surface area contributed by atoms with Gasteiger partial charge in [0.2, 0.25) is 5.91 Å². The van der Waals surface area contributed by atoms with Crippen molar-refractivity contribution in [3.63, 3.8) is 0 Å². The van der Waals surface area contributed by atoms with Gasteiger partial charge in [0.05, 0.1) is 12.1 Å². The van der Waals surface area contributed by atoms with E-state index in [-0.39, 0.29) is 11.4 Å². The van der Waals surface area contributed by atoms with E-state index in [2.05, 4.69) is 10.4 Å². The molecular weight excluding hydrogens is 204 g/mol. The van der Waals surface area contributed by atoms with Gasteiger partial charge in [-0.25, -0.2) is 0 Å². The highest BCUT2D eigenvalue weighted by Crippen LogP contribution is 2.02. The van der Waals surface area contributed by atoms with E-state index >= 15 is 0 Å². The second-order valence-corrected chi connectivity index (χ2v) is 4.84. The Morgan fingerprint density at radius 3 is 2.69 bits per heavy atom. The fourth-order valence-electron chi connectivity index (χ4n) is 1.38. The van der Waals surface area contributed by atoms with Crippen molar-refractivity contribution >= 4 is 5.91 Å². The maximum atomic E-state index is 11.6. The number of hydrogen-bond donors (Lipinski definition) is 2. The van der Waals surface area contributed by atoms with Gasteiger partial charge in [-0.15, -0.1) is 0 Å². The Hall–Kier alpha value is -1.36. The molecule has 1 amide bonds. The number of carbonyl (C=O) groups is 1. The number of hydrogen-bond acceptors (Lipinski definition) is 3. The van der Waals surface area contributed by atoms with Crippen molar-refractivity contribution < 1.29 is 4.79 Å². The molecule has 0 spiro atoms. The maximum Gasteiger partial charge on any atom is 0.226 e. The number of aromatic nitrogens is 2. The Balaban J connectivity index is 2.49. The Labute approximate surface area is 96.0 Å². The summed E-state index contributed by atoms with van der Waals surface area (Å²) in [6.07, 6.45) is 0.341. The van der Waals surface area contributed by atoms with E-state index in [0.29, 0.717) is 13.0 Å². The van der Waals surface area contributed by atoms with Crippen molar-refractivity contribution in [2.45, 2.75) is 32.7 Å². The van der Waals surface area contributed by atoms with Gasteiger partial charge < -0.3 is 11.1 Å². The molecule has 0 radical (unpaired) electrons. The van der Waals surface area contributed by atoms with Crippen LogP contribution in [0.4, 0.5) is 0 Å². The summed E-state index contributed by atoms with van der Waals surface area (Å²) in [6, 6.07) is 1.91. The van der Waals surface area contributed by atoms with Gasteiger partial charge in [0, 0.05) is 24.8 Å². The molecular formula is C11H20N4O. The summed E-state index contributed by atoms with van der Waals surface area (Å²) >= 11 is 0. The minimum absolute atomic E-state index is 0.0264. The zero-order valence-electron chi connectivity index (χ0n) is 10.4. The number of rotatable bonds is 4. The predicted octanol–water partition coefficient (Wildman–Crippen LogP) is 0.125. The first-order valence-corrected chi connectivity index (χ1v) is 5.33. The third kappa shape index (κ3) is 4.02. The van der Waals surface area contributed by atoms with E-state index < -0.39 is 0 Å². The molecule has 1 aromatic rings. The molecule has 5 heteroatoms. The summed E-state index contributed by atoms with van der Waals surface area (Å²) in [5.41, 5.74) is 7.23. The van der Waals surface area contributed by atoms with Crippen LogP contribution >= 0.6 is 0 Å². The maximum absolute atomic E-state index is 11.6. The summed E-state index contributed by atoms with van der Waals surface area (Å²) in [5, 5.41) is 6.99. The van der Waals surface area contributed by atoms with Crippen molar-refractivity contribution in [1.29, 1.82) is 0 Å². The van der Waals surface area contributed by atoms with Crippen LogP contribution in [0.15, 0.2) is 6.07 Å². The SMILES string of the molecule is Cc1cc(CC(=O)NCC(C)(C)N)n(C)n1. The quantitative estimate of drug-likeness (QED) is 0.763. The Morgan fingerprint density at radius 1 is 1.62 bits per heavy atom. The van der Waals surface area contributed by atoms with Crippen LogP contribution in [0.3, 0.4) is 0 Å². The third-order valence-corrected chi connectivity index (χ3v) is 2.18. The second-order valence-electron chi connectivity index (χ2n) is 4.84. The van der Waals surface area contributed by atoms with Gasteiger partial charge in [-0.05, 0) is 26.8 Å². The van der Waals surface area contributed by atoms with Crippen molar-refractivity contribution in [2.75, 3.05) is 6.54 Å². The molecule has 0 fully saturated rings. The first kappa shape index (κ1) is 12.7. The largest absolute Gasteiger partial charge is 0.354 e. The van der Waals surface area contributed by atoms with Gasteiger partial charge in [-0.2, -0.15) is 5.10 Å². The molecule has 16 heavy (non-hydrogen) atoms. The lowest BCUT2D eigenvalue weighted by molar-refractivity contribution is -0.120. The number of aryl methyl sites for hydroxylation is 2. The zero-order chi connectivity index (χ0) is 12.3. The van der Waals surface area contributed by atoms with Crippen LogP contribution in [0.25, 0.3) is 0 Å². The summed E-state index contributed by atoms with van der Waals surface area (Å²) in [6.45, 7) is 6.13. The molecule has 90 valence electrons. The topological polar surface area (TPSA) is 72.9 Å². The molecule has 1 heterocycles. The molecule has 1 rings (SSSR count). The summed E-state index contributed by atoms with van der Waals surface area (Å²) in [5.74, 6) is -0.0264. The van der Waals surface area contributed by atoms with E-state index in [0.717, 1.165) is 11.4 Å². The van der Waals surface area contributed by atoms with Crippen LogP contribution in [-0.4, -0.2) is 27.8 Å². The lowest BCUT2D eigenvalue weighted by atomic mass is 10.1. The molecule has 0 saturated heterocycles. The molecule has 0 saturated carbocycles. The molecule has 0 aliphatic rings. The van der Waals surface area contributed by atoms with Gasteiger partial charge in [0.1, 0.15) is 0 Å². The highest BCUT2D eigenvalue weighted by atomic mass is 16.1. The van der Waals surface area contributed by atoms with Crippen LogP contribution < -0.4 is 11.1 Å². The molecule has 5 nitrogen and oxygen atoms in total. The molecule has 0 unspecified atom stereocenters. The molecule has 0 bridgehead atoms. The number of nitrogens with one attached hydrogen (secondary N) is 1. The normalized spacial score (nSPS) is 11.6. The van der Waals surface area contributed by atoms with E-state index in [9.17, 15) is 4.79 Å². The van der Waals surface area contributed by atoms with Gasteiger partial charge in [-0.3, -0.25) is 9.48 Å². The van der Waals surface area contributed by atoms with Gasteiger partial charge in [0.25, 0.3) is 0 Å². The van der Waals surface area contributed by atoms with Crippen molar-refractivity contribution in [3.05, 3.63) is 17.5 Å². The molecule has 3 N–H and O–H groups in total. The van der Waals surface area contributed by atoms with Crippen molar-refractivity contribution in [2.24, 2.45) is 12.8 Å². The van der Waals surface area contributed by atoms with Crippen LogP contribution in [0.2, 0.25) is 0 Å². The summed E-state index contributed by atoms with van der Waals surface area (Å²) in [7, 11) is 1.84. The minimum atomic E-state index is -0.377. The average molecular weight is 224 g/mol. The Kier molecular flexibility index (Phi) is 3.70. The predicted molar refractivity (Wildman–Crippen MR) is 62.9 cm³/mol. The fourth-order valence-corrected chi connectivity index (χ4v) is 1.38. The number of amides is 1. The summed E-state index contributed by atoms with van der Waals surface area (Å²) < 4.78 is 1.72. The smallest absolute Gasteiger partial charge is 0.226 e. The molecule has 1 aromatic heterocycles. The Morgan fingerprint density at radius 2 is 2.25 bits per heavy atom. The molecule has 0 aromatic carbocycles. The van der Waals surface area contributed by atoms with Gasteiger partial charge in [-0.1, -0.05) is 0 Å². The highest BCUT2D eigenvalue weighted by Gasteiger charge is 2.13. The fraction of sp³-hybridized carbons (Fsp3) is 0.636. The van der Waals surface area contributed by atoms with Gasteiger partial charge in [0.15, 0.2) is 0 Å². The van der Waals surface area contributed by atoms with Crippen LogP contribution in [0, 0.1) is 6.92 Å². The van der Waals surface area contributed by atoms with E-state index in [1.165, 1.54) is 0 Å². The van der Waals surface area contributed by atoms with E-state index in [1.54, 1.807) is 4.68 Å². The third-order valence-electron chi connectivity index (χ3n) is 2.18. The number of nitrogens with zero attached hydrogens (tertiary/aromatic N) is 2. The Bertz CT molecular complexity index is 376. The highest BCUT2D eigenvalue weighted by molar-refractivity contribution is 5.78. The van der Waals surface area contributed by atoms with Crippen LogP contribution in [0.5, 0.6) is 0 Å². The molecule has 0 atom stereocenters. The first-order chi connectivity index (χ1) is 7.28. The first-order valence-electron chi connectivity index (χ1n) is 5.33. The van der Waals surface area contributed by atoms with E-state index in [4.69, 9.17) is 5.73 Å². The number of carbonyl (C=O) groups excluding carboxylic acids is 1. The minimum Gasteiger partial charge on any atom is -0.354 e. The molecule has 0 aliphatic carbocycles. The zero-order valence-corrected chi connectivity index (χ0v) is 10.4. The molecule has 0 aliphatic heterocycles. The lowest BCUT2D eigenvalue weighted by Crippen LogP contribution is -2.45. The number of nitrogens with two attached hydrogens (primary N) is 1. The van der Waals surface area contributed by atoms with E-state index in [1.807, 2.05) is 33.9 Å². The van der Waals surface area contributed by atoms with Crippen molar-refractivity contribution in [3.8, 4) is 0 Å². The second kappa shape index (κ2) is 4.65. The van der Waals surface area contributed by atoms with Gasteiger partial charge >= 0.3 is 0 Å². The standard InChI is InChI=1S/C11H20N4O/c1-8-5-9(15(4)14-8)6-10(16)13-7-11(2,3)12/h5H,6-7,12H2,1-4H3,(H,13,16).